The fourth-order valence-electron chi connectivity index (χ4n) is 8.79. The zero-order chi connectivity index (χ0) is 29.2. The third kappa shape index (κ3) is 3.68. The topological polar surface area (TPSA) is 101 Å². The van der Waals surface area contributed by atoms with Gasteiger partial charge in [0, 0.05) is 49.1 Å². The van der Waals surface area contributed by atoms with Crippen molar-refractivity contribution in [3.8, 4) is 11.5 Å². The predicted molar refractivity (Wildman–Crippen MR) is 155 cm³/mol. The molecule has 2 aromatic rings. The lowest BCUT2D eigenvalue weighted by atomic mass is 9.47. The summed E-state index contributed by atoms with van der Waals surface area (Å²) >= 11 is 0. The van der Waals surface area contributed by atoms with Gasteiger partial charge in [0.05, 0.1) is 32.4 Å². The first-order valence-corrected chi connectivity index (χ1v) is 14.3. The Morgan fingerprint density at radius 3 is 2.61 bits per heavy atom. The number of anilines is 1. The highest BCUT2D eigenvalue weighted by Gasteiger charge is 2.77. The van der Waals surface area contributed by atoms with Crippen LogP contribution in [0.15, 0.2) is 54.6 Å². The summed E-state index contributed by atoms with van der Waals surface area (Å²) in [7, 11) is 5.15. The van der Waals surface area contributed by atoms with Gasteiger partial charge in [-0.15, -0.1) is 0 Å². The van der Waals surface area contributed by atoms with E-state index in [4.69, 9.17) is 14.2 Å². The number of ether oxygens (including phenoxy) is 3. The largest absolute Gasteiger partial charge is 0.497 e. The van der Waals surface area contributed by atoms with Crippen LogP contribution in [0.5, 0.6) is 11.5 Å². The summed E-state index contributed by atoms with van der Waals surface area (Å²) in [6, 6.07) is 12.6. The van der Waals surface area contributed by atoms with Crippen LogP contribution in [0.25, 0.3) is 0 Å². The summed E-state index contributed by atoms with van der Waals surface area (Å²) in [5.74, 6) is 0.340. The number of nitrogens with zero attached hydrogens (tertiary/aromatic N) is 2. The number of hydrogen-bond acceptors (Lipinski definition) is 8. The highest BCUT2D eigenvalue weighted by Crippen LogP contribution is 2.67. The SMILES string of the molecule is CC[C@]12C=CCN3CC[C@@]4(c5ccc(OC)cc5N(C)[C@H]4C(O)(CNC(=O)c4ccccc4OC)[C@@H]1OC(C)=O)C32. The van der Waals surface area contributed by atoms with E-state index in [0.717, 1.165) is 36.5 Å². The first-order chi connectivity index (χ1) is 19.7. The minimum absolute atomic E-state index is 0.0124. The first-order valence-electron chi connectivity index (χ1n) is 14.3. The van der Waals surface area contributed by atoms with E-state index in [1.165, 1.54) is 14.0 Å². The van der Waals surface area contributed by atoms with Crippen LogP contribution >= 0.6 is 0 Å². The molecule has 1 spiro atoms. The van der Waals surface area contributed by atoms with Gasteiger partial charge >= 0.3 is 5.97 Å². The van der Waals surface area contributed by atoms with Crippen LogP contribution in [0.2, 0.25) is 0 Å². The molecule has 1 saturated heterocycles. The molecule has 3 aliphatic heterocycles. The average Bonchev–Trinajstić information content (AvgIpc) is 3.50. The molecule has 0 bridgehead atoms. The number of aliphatic hydroxyl groups is 1. The van der Waals surface area contributed by atoms with E-state index in [9.17, 15) is 14.7 Å². The summed E-state index contributed by atoms with van der Waals surface area (Å²) in [5.41, 5.74) is -0.292. The van der Waals surface area contributed by atoms with Gasteiger partial charge < -0.3 is 29.5 Å². The van der Waals surface area contributed by atoms with Crippen LogP contribution in [-0.4, -0.2) is 86.6 Å². The van der Waals surface area contributed by atoms with Crippen LogP contribution in [0, 0.1) is 5.41 Å². The van der Waals surface area contributed by atoms with Crippen molar-refractivity contribution < 1.29 is 28.9 Å². The van der Waals surface area contributed by atoms with Gasteiger partial charge in [0.1, 0.15) is 23.2 Å². The Kier molecular flexibility index (Phi) is 6.58. The number of carbonyl (C=O) groups is 2. The molecule has 0 aromatic heterocycles. The van der Waals surface area contributed by atoms with Gasteiger partial charge in [-0.3, -0.25) is 14.5 Å². The minimum atomic E-state index is -1.64. The van der Waals surface area contributed by atoms with Crippen molar-refractivity contribution >= 4 is 17.6 Å². The van der Waals surface area contributed by atoms with Gasteiger partial charge in [-0.25, -0.2) is 0 Å². The van der Waals surface area contributed by atoms with E-state index < -0.39 is 34.5 Å². The quantitative estimate of drug-likeness (QED) is 0.393. The van der Waals surface area contributed by atoms with Gasteiger partial charge in [0.2, 0.25) is 0 Å². The van der Waals surface area contributed by atoms with Crippen molar-refractivity contribution in [2.45, 2.75) is 55.9 Å². The van der Waals surface area contributed by atoms with Crippen molar-refractivity contribution in [3.05, 3.63) is 65.7 Å². The molecule has 9 heteroatoms. The van der Waals surface area contributed by atoms with E-state index in [1.807, 2.05) is 19.2 Å². The van der Waals surface area contributed by atoms with Gasteiger partial charge in [0.25, 0.3) is 5.91 Å². The summed E-state index contributed by atoms with van der Waals surface area (Å²) in [6.07, 6.45) is 4.87. The van der Waals surface area contributed by atoms with E-state index in [1.54, 1.807) is 31.4 Å². The number of esters is 1. The van der Waals surface area contributed by atoms with Gasteiger partial charge in [-0.2, -0.15) is 0 Å². The third-order valence-corrected chi connectivity index (χ3v) is 10.1. The standard InChI is InChI=1S/C32H39N3O6/c1-6-30-14-9-16-35-17-15-31(27(30)35)23-13-12-21(39-4)18-24(23)34(3)28(31)32(38,29(30)41-20(2)36)19-33-26(37)22-10-7-8-11-25(22)40-5/h7-14,18,27-29,38H,6,15-17,19H2,1-5H3,(H,33,37)/t27?,28-,29-,30-,31-,32?/m1/s1. The second-order valence-electron chi connectivity index (χ2n) is 11.8. The maximum absolute atomic E-state index is 13.5. The lowest BCUT2D eigenvalue weighted by Gasteiger charge is -2.64. The first kappa shape index (κ1) is 27.6. The Bertz CT molecular complexity index is 1410. The van der Waals surface area contributed by atoms with E-state index in [2.05, 4.69) is 40.3 Å². The minimum Gasteiger partial charge on any atom is -0.497 e. The van der Waals surface area contributed by atoms with Gasteiger partial charge in [0.15, 0.2) is 0 Å². The fraction of sp³-hybridized carbons (Fsp3) is 0.500. The third-order valence-electron chi connectivity index (χ3n) is 10.1. The maximum Gasteiger partial charge on any atom is 0.303 e. The Balaban J connectivity index is 1.54. The molecule has 2 unspecified atom stereocenters. The van der Waals surface area contributed by atoms with Crippen LogP contribution in [-0.2, 0) is 14.9 Å². The number of likely N-dealkylation sites (N-methyl/N-ethyl adjacent to an activating group) is 1. The van der Waals surface area contributed by atoms with E-state index in [0.29, 0.717) is 17.7 Å². The summed E-state index contributed by atoms with van der Waals surface area (Å²) < 4.78 is 17.2. The van der Waals surface area contributed by atoms with E-state index >= 15 is 0 Å². The molecule has 0 radical (unpaired) electrons. The molecule has 2 fully saturated rings. The Morgan fingerprint density at radius 1 is 1.12 bits per heavy atom. The number of benzene rings is 2. The molecule has 41 heavy (non-hydrogen) atoms. The molecule has 4 aliphatic rings. The number of nitrogens with one attached hydrogen (secondary N) is 1. The fourth-order valence-corrected chi connectivity index (χ4v) is 8.79. The molecule has 1 amide bonds. The Labute approximate surface area is 241 Å². The Morgan fingerprint density at radius 2 is 1.90 bits per heavy atom. The van der Waals surface area contributed by atoms with Crippen molar-refractivity contribution in [2.75, 3.05) is 45.8 Å². The number of para-hydroxylation sites is 1. The lowest BCUT2D eigenvalue weighted by molar-refractivity contribution is -0.216. The number of fused-ring (bicyclic) bond motifs is 1. The molecule has 2 aromatic carbocycles. The molecule has 2 N–H and O–H groups in total. The van der Waals surface area contributed by atoms with Crippen LogP contribution in [0.3, 0.4) is 0 Å². The summed E-state index contributed by atoms with van der Waals surface area (Å²) in [6.45, 7) is 5.01. The average molecular weight is 562 g/mol. The normalized spacial score (nSPS) is 33.0. The second-order valence-corrected chi connectivity index (χ2v) is 11.8. The van der Waals surface area contributed by atoms with Crippen LogP contribution in [0.1, 0.15) is 42.6 Å². The maximum atomic E-state index is 13.5. The number of carbonyl (C=O) groups excluding carboxylic acids is 2. The van der Waals surface area contributed by atoms with Crippen molar-refractivity contribution in [3.63, 3.8) is 0 Å². The highest BCUT2D eigenvalue weighted by molar-refractivity contribution is 5.97. The summed E-state index contributed by atoms with van der Waals surface area (Å²) in [5, 5.41) is 16.2. The molecule has 218 valence electrons. The van der Waals surface area contributed by atoms with Crippen molar-refractivity contribution in [2.24, 2.45) is 5.41 Å². The number of methoxy groups -OCH3 is 2. The lowest BCUT2D eigenvalue weighted by Crippen LogP contribution is -2.81. The molecule has 1 aliphatic carbocycles. The second kappa shape index (κ2) is 9.77. The Hall–Kier alpha value is -3.56. The number of rotatable bonds is 7. The van der Waals surface area contributed by atoms with Crippen LogP contribution in [0.4, 0.5) is 5.69 Å². The highest BCUT2D eigenvalue weighted by atomic mass is 16.6. The molecule has 6 atom stereocenters. The zero-order valence-electron chi connectivity index (χ0n) is 24.3. The van der Waals surface area contributed by atoms with Gasteiger partial charge in [-0.05, 0) is 43.1 Å². The molecule has 1 saturated carbocycles. The number of amides is 1. The predicted octanol–water partition coefficient (Wildman–Crippen LogP) is 2.91. The molecular formula is C32H39N3O6. The molecule has 6 rings (SSSR count). The van der Waals surface area contributed by atoms with Crippen molar-refractivity contribution in [1.29, 1.82) is 0 Å². The molecular weight excluding hydrogens is 522 g/mol. The van der Waals surface area contributed by atoms with Crippen LogP contribution < -0.4 is 19.7 Å². The number of hydrogen-bond donors (Lipinski definition) is 2. The smallest absolute Gasteiger partial charge is 0.303 e. The molecule has 3 heterocycles. The van der Waals surface area contributed by atoms with Gasteiger partial charge in [-0.1, -0.05) is 37.3 Å². The zero-order valence-corrected chi connectivity index (χ0v) is 24.3. The summed E-state index contributed by atoms with van der Waals surface area (Å²) in [4.78, 5) is 30.9. The monoisotopic (exact) mass is 561 g/mol. The van der Waals surface area contributed by atoms with Crippen molar-refractivity contribution in [1.82, 2.24) is 10.2 Å². The molecule has 9 nitrogen and oxygen atoms in total. The van der Waals surface area contributed by atoms with E-state index in [-0.39, 0.29) is 18.5 Å².